The number of rotatable bonds is 3. The van der Waals surface area contributed by atoms with Crippen LogP contribution >= 0.6 is 24.2 Å². The molecule has 3 rings (SSSR count). The fourth-order valence-corrected chi connectivity index (χ4v) is 4.25. The Morgan fingerprint density at radius 1 is 1.23 bits per heavy atom. The number of fused-ring (bicyclic) bond motifs is 2. The van der Waals surface area contributed by atoms with Gasteiger partial charge in [-0.3, -0.25) is 4.79 Å². The molecule has 2 unspecified atom stereocenters. The molecule has 2 bridgehead atoms. The lowest BCUT2D eigenvalue weighted by Crippen LogP contribution is -2.39. The Hall–Kier alpha value is -0.710. The molecule has 0 aromatic heterocycles. The number of likely N-dealkylation sites (tertiary alicyclic amines) is 1. The number of nitrogens with one attached hydrogen (secondary N) is 1. The van der Waals surface area contributed by atoms with E-state index < -0.39 is 0 Å². The van der Waals surface area contributed by atoms with Gasteiger partial charge in [0.25, 0.3) is 5.91 Å². The first-order chi connectivity index (χ1) is 10.1. The first-order valence-corrected chi connectivity index (χ1v) is 8.82. The third kappa shape index (κ3) is 3.98. The minimum absolute atomic E-state index is 0. The molecule has 122 valence electrons. The van der Waals surface area contributed by atoms with Crippen molar-refractivity contribution in [3.05, 3.63) is 29.8 Å². The van der Waals surface area contributed by atoms with Crippen molar-refractivity contribution in [3.8, 4) is 0 Å². The predicted octanol–water partition coefficient (Wildman–Crippen LogP) is 3.58. The van der Waals surface area contributed by atoms with Gasteiger partial charge in [0.1, 0.15) is 0 Å². The zero-order chi connectivity index (χ0) is 14.8. The largest absolute Gasteiger partial charge is 0.337 e. The van der Waals surface area contributed by atoms with Gasteiger partial charge in [0.15, 0.2) is 0 Å². The smallest absolute Gasteiger partial charge is 0.255 e. The van der Waals surface area contributed by atoms with E-state index in [9.17, 15) is 4.79 Å². The van der Waals surface area contributed by atoms with Crippen molar-refractivity contribution in [2.24, 2.45) is 0 Å². The van der Waals surface area contributed by atoms with E-state index in [2.05, 4.69) is 30.1 Å². The third-order valence-corrected chi connectivity index (χ3v) is 5.37. The van der Waals surface area contributed by atoms with E-state index in [4.69, 9.17) is 0 Å². The number of nitrogens with zero attached hydrogens (tertiary/aromatic N) is 1. The molecule has 3 nitrogen and oxygen atoms in total. The van der Waals surface area contributed by atoms with Crippen molar-refractivity contribution in [1.29, 1.82) is 0 Å². The van der Waals surface area contributed by atoms with Crippen molar-refractivity contribution < 1.29 is 4.79 Å². The second-order valence-corrected chi connectivity index (χ2v) is 7.96. The van der Waals surface area contributed by atoms with Gasteiger partial charge in [-0.25, -0.2) is 0 Å². The van der Waals surface area contributed by atoms with Crippen LogP contribution in [0.4, 0.5) is 0 Å². The Kier molecular flexibility index (Phi) is 6.18. The third-order valence-electron chi connectivity index (χ3n) is 4.29. The number of hydrogen-bond donors (Lipinski definition) is 1. The van der Waals surface area contributed by atoms with E-state index in [1.807, 2.05) is 18.2 Å². The van der Waals surface area contributed by atoms with Gasteiger partial charge >= 0.3 is 0 Å². The highest BCUT2D eigenvalue weighted by atomic mass is 35.5. The average Bonchev–Trinajstić information content (AvgIpc) is 2.77. The minimum atomic E-state index is 0. The SMILES string of the molecule is CC(C)Sc1ccccc1C(=O)N1CCC2CCC(C1)N2.Cl. The summed E-state index contributed by atoms with van der Waals surface area (Å²) in [6.45, 7) is 6.07. The molecule has 0 saturated carbocycles. The standard InChI is InChI=1S/C17H24N2OS.ClH/c1-12(2)21-16-6-4-3-5-15(16)17(20)19-10-9-13-7-8-14(11-19)18-13;/h3-6,12-14,18H,7-11H2,1-2H3;1H. The summed E-state index contributed by atoms with van der Waals surface area (Å²) in [4.78, 5) is 16.1. The first-order valence-electron chi connectivity index (χ1n) is 7.94. The van der Waals surface area contributed by atoms with Crippen LogP contribution in [0.1, 0.15) is 43.5 Å². The number of thioether (sulfide) groups is 1. The van der Waals surface area contributed by atoms with Gasteiger partial charge in [-0.1, -0.05) is 26.0 Å². The zero-order valence-electron chi connectivity index (χ0n) is 13.2. The molecule has 1 amide bonds. The highest BCUT2D eigenvalue weighted by Crippen LogP contribution is 2.28. The molecule has 0 radical (unpaired) electrons. The van der Waals surface area contributed by atoms with E-state index in [0.29, 0.717) is 17.3 Å². The average molecular weight is 341 g/mol. The summed E-state index contributed by atoms with van der Waals surface area (Å²) in [7, 11) is 0. The molecule has 2 atom stereocenters. The van der Waals surface area contributed by atoms with Gasteiger partial charge in [-0.05, 0) is 31.4 Å². The fraction of sp³-hybridized carbons (Fsp3) is 0.588. The van der Waals surface area contributed by atoms with Crippen molar-refractivity contribution in [3.63, 3.8) is 0 Å². The number of halogens is 1. The van der Waals surface area contributed by atoms with E-state index in [1.165, 1.54) is 12.8 Å². The Morgan fingerprint density at radius 2 is 1.95 bits per heavy atom. The molecule has 1 aromatic rings. The second-order valence-electron chi connectivity index (χ2n) is 6.34. The summed E-state index contributed by atoms with van der Waals surface area (Å²) in [6, 6.07) is 9.15. The summed E-state index contributed by atoms with van der Waals surface area (Å²) >= 11 is 1.77. The maximum absolute atomic E-state index is 12.9. The van der Waals surface area contributed by atoms with Gasteiger partial charge in [0.2, 0.25) is 0 Å². The van der Waals surface area contributed by atoms with Crippen LogP contribution in [0, 0.1) is 0 Å². The van der Waals surface area contributed by atoms with Gasteiger partial charge < -0.3 is 10.2 Å². The molecule has 22 heavy (non-hydrogen) atoms. The van der Waals surface area contributed by atoms with Crippen LogP contribution in [-0.4, -0.2) is 41.2 Å². The van der Waals surface area contributed by atoms with Crippen LogP contribution in [0.5, 0.6) is 0 Å². The van der Waals surface area contributed by atoms with Gasteiger partial charge in [0.05, 0.1) is 5.56 Å². The fourth-order valence-electron chi connectivity index (χ4n) is 3.30. The normalized spacial score (nSPS) is 24.0. The van der Waals surface area contributed by atoms with Crippen LogP contribution in [0.3, 0.4) is 0 Å². The van der Waals surface area contributed by atoms with Gasteiger partial charge in [-0.15, -0.1) is 24.2 Å². The number of amides is 1. The summed E-state index contributed by atoms with van der Waals surface area (Å²) < 4.78 is 0. The molecular weight excluding hydrogens is 316 g/mol. The highest BCUT2D eigenvalue weighted by Gasteiger charge is 2.31. The van der Waals surface area contributed by atoms with E-state index in [0.717, 1.165) is 30.0 Å². The Balaban J connectivity index is 0.00000176. The molecule has 2 aliphatic heterocycles. The molecule has 2 aliphatic rings. The molecule has 0 aliphatic carbocycles. The molecule has 5 heteroatoms. The molecular formula is C17H25ClN2OS. The Labute approximate surface area is 143 Å². The van der Waals surface area contributed by atoms with E-state index in [-0.39, 0.29) is 18.3 Å². The summed E-state index contributed by atoms with van der Waals surface area (Å²) in [6.07, 6.45) is 3.56. The monoisotopic (exact) mass is 340 g/mol. The highest BCUT2D eigenvalue weighted by molar-refractivity contribution is 8.00. The lowest BCUT2D eigenvalue weighted by molar-refractivity contribution is 0.0744. The van der Waals surface area contributed by atoms with Gasteiger partial charge in [-0.2, -0.15) is 0 Å². The van der Waals surface area contributed by atoms with Crippen molar-refractivity contribution >= 4 is 30.1 Å². The Morgan fingerprint density at radius 3 is 2.73 bits per heavy atom. The quantitative estimate of drug-likeness (QED) is 0.854. The number of hydrogen-bond acceptors (Lipinski definition) is 3. The molecule has 1 N–H and O–H groups in total. The summed E-state index contributed by atoms with van der Waals surface area (Å²) in [5.74, 6) is 0.202. The predicted molar refractivity (Wildman–Crippen MR) is 95.1 cm³/mol. The van der Waals surface area contributed by atoms with Crippen molar-refractivity contribution in [1.82, 2.24) is 10.2 Å². The van der Waals surface area contributed by atoms with Gasteiger partial charge in [0, 0.05) is 35.3 Å². The van der Waals surface area contributed by atoms with Crippen LogP contribution in [0.15, 0.2) is 29.2 Å². The maximum Gasteiger partial charge on any atom is 0.255 e. The van der Waals surface area contributed by atoms with E-state index in [1.54, 1.807) is 11.8 Å². The molecule has 1 aromatic carbocycles. The summed E-state index contributed by atoms with van der Waals surface area (Å²) in [5.41, 5.74) is 0.869. The number of carbonyl (C=O) groups is 1. The molecule has 2 heterocycles. The second kappa shape index (κ2) is 7.71. The molecule has 2 fully saturated rings. The lowest BCUT2D eigenvalue weighted by Gasteiger charge is -2.25. The maximum atomic E-state index is 12.9. The van der Waals surface area contributed by atoms with E-state index >= 15 is 0 Å². The van der Waals surface area contributed by atoms with Crippen molar-refractivity contribution in [2.75, 3.05) is 13.1 Å². The topological polar surface area (TPSA) is 32.3 Å². The van der Waals surface area contributed by atoms with Crippen LogP contribution in [0.25, 0.3) is 0 Å². The van der Waals surface area contributed by atoms with Crippen LogP contribution in [0.2, 0.25) is 0 Å². The van der Waals surface area contributed by atoms with Crippen LogP contribution in [-0.2, 0) is 0 Å². The minimum Gasteiger partial charge on any atom is -0.337 e. The first kappa shape index (κ1) is 17.6. The summed E-state index contributed by atoms with van der Waals surface area (Å²) in [5, 5.41) is 4.12. The number of benzene rings is 1. The Bertz CT molecular complexity index is 523. The molecule has 2 saturated heterocycles. The number of carbonyl (C=O) groups excluding carboxylic acids is 1. The molecule has 0 spiro atoms. The zero-order valence-corrected chi connectivity index (χ0v) is 14.9. The van der Waals surface area contributed by atoms with Crippen LogP contribution < -0.4 is 5.32 Å². The lowest BCUT2D eigenvalue weighted by atomic mass is 10.1. The van der Waals surface area contributed by atoms with Crippen molar-refractivity contribution in [2.45, 2.75) is 55.3 Å².